The number of likely N-dealkylation sites (tertiary alicyclic amines) is 1. The first-order valence-corrected chi connectivity index (χ1v) is 9.89. The van der Waals surface area contributed by atoms with E-state index in [-0.39, 0.29) is 36.4 Å². The van der Waals surface area contributed by atoms with Crippen molar-refractivity contribution in [2.45, 2.75) is 39.2 Å². The molecular formula is C19H26BrFN2O3. The number of ether oxygens (including phenoxy) is 1. The van der Waals surface area contributed by atoms with Crippen LogP contribution in [0.3, 0.4) is 0 Å². The maximum Gasteiger partial charge on any atom is 0.307 e. The van der Waals surface area contributed by atoms with Crippen LogP contribution in [0.4, 0.5) is 4.39 Å². The van der Waals surface area contributed by atoms with Gasteiger partial charge < -0.3 is 9.64 Å². The molecule has 1 fully saturated rings. The summed E-state index contributed by atoms with van der Waals surface area (Å²) >= 11 is 3.10. The maximum absolute atomic E-state index is 13.8. The van der Waals surface area contributed by atoms with Crippen molar-refractivity contribution in [1.82, 2.24) is 9.80 Å². The van der Waals surface area contributed by atoms with Crippen LogP contribution in [0.1, 0.15) is 43.5 Å². The van der Waals surface area contributed by atoms with Gasteiger partial charge >= 0.3 is 5.97 Å². The van der Waals surface area contributed by atoms with E-state index in [2.05, 4.69) is 27.8 Å². The number of benzene rings is 1. The predicted octanol–water partition coefficient (Wildman–Crippen LogP) is 3.47. The second-order valence-corrected chi connectivity index (χ2v) is 7.21. The van der Waals surface area contributed by atoms with Crippen molar-refractivity contribution < 1.29 is 18.7 Å². The lowest BCUT2D eigenvalue weighted by Crippen LogP contribution is -2.44. The highest BCUT2D eigenvalue weighted by molar-refractivity contribution is 9.10. The topological polar surface area (TPSA) is 49.9 Å². The zero-order valence-electron chi connectivity index (χ0n) is 15.3. The summed E-state index contributed by atoms with van der Waals surface area (Å²) in [5.41, 5.74) is 0.288. The fourth-order valence-electron chi connectivity index (χ4n) is 3.32. The van der Waals surface area contributed by atoms with Gasteiger partial charge in [0.15, 0.2) is 0 Å². The monoisotopic (exact) mass is 428 g/mol. The first-order chi connectivity index (χ1) is 12.5. The third-order valence-corrected chi connectivity index (χ3v) is 5.32. The van der Waals surface area contributed by atoms with E-state index in [4.69, 9.17) is 4.74 Å². The SMILES string of the molecule is CCOC(=O)CCN(CC1CCCN1CC)C(=O)c1ccc(Br)c(F)c1. The second kappa shape index (κ2) is 10.0. The molecule has 0 radical (unpaired) electrons. The van der Waals surface area contributed by atoms with Crippen molar-refractivity contribution in [2.24, 2.45) is 0 Å². The highest BCUT2D eigenvalue weighted by atomic mass is 79.9. The summed E-state index contributed by atoms with van der Waals surface area (Å²) in [5, 5.41) is 0. The van der Waals surface area contributed by atoms with E-state index in [1.165, 1.54) is 12.1 Å². The average molecular weight is 429 g/mol. The number of esters is 1. The highest BCUT2D eigenvalue weighted by Gasteiger charge is 2.28. The summed E-state index contributed by atoms with van der Waals surface area (Å²) < 4.78 is 19.1. The minimum atomic E-state index is -0.475. The first kappa shape index (κ1) is 20.8. The van der Waals surface area contributed by atoms with Crippen LogP contribution in [0.2, 0.25) is 0 Å². The van der Waals surface area contributed by atoms with E-state index < -0.39 is 5.82 Å². The van der Waals surface area contributed by atoms with Gasteiger partial charge in [-0.1, -0.05) is 6.92 Å². The molecule has 0 N–H and O–H groups in total. The average Bonchev–Trinajstić information content (AvgIpc) is 3.07. The van der Waals surface area contributed by atoms with Crippen LogP contribution in [0.5, 0.6) is 0 Å². The third kappa shape index (κ3) is 5.51. The van der Waals surface area contributed by atoms with Gasteiger partial charge in [0.05, 0.1) is 17.5 Å². The number of amides is 1. The number of halogens is 2. The Labute approximate surface area is 162 Å². The summed E-state index contributed by atoms with van der Waals surface area (Å²) in [6.07, 6.45) is 2.26. The molecule has 0 saturated carbocycles. The van der Waals surface area contributed by atoms with Crippen LogP contribution in [-0.4, -0.2) is 60.5 Å². The Bertz CT molecular complexity index is 641. The molecule has 0 aliphatic carbocycles. The van der Waals surface area contributed by atoms with E-state index in [0.29, 0.717) is 17.6 Å². The number of carbonyl (C=O) groups is 2. The van der Waals surface area contributed by atoms with E-state index in [9.17, 15) is 14.0 Å². The number of rotatable bonds is 8. The molecule has 1 unspecified atom stereocenters. The molecule has 0 aromatic heterocycles. The molecule has 1 amide bonds. The van der Waals surface area contributed by atoms with Crippen molar-refractivity contribution >= 4 is 27.8 Å². The molecule has 0 bridgehead atoms. The minimum Gasteiger partial charge on any atom is -0.466 e. The molecule has 2 rings (SSSR count). The van der Waals surface area contributed by atoms with E-state index in [1.807, 2.05) is 0 Å². The number of hydrogen-bond donors (Lipinski definition) is 0. The maximum atomic E-state index is 13.8. The van der Waals surface area contributed by atoms with Gasteiger partial charge in [0.1, 0.15) is 5.82 Å². The van der Waals surface area contributed by atoms with Gasteiger partial charge in [0.2, 0.25) is 0 Å². The Morgan fingerprint density at radius 2 is 2.15 bits per heavy atom. The number of hydrogen-bond acceptors (Lipinski definition) is 4. The molecule has 1 saturated heterocycles. The zero-order valence-corrected chi connectivity index (χ0v) is 16.9. The number of likely N-dealkylation sites (N-methyl/N-ethyl adjacent to an activating group) is 1. The predicted molar refractivity (Wildman–Crippen MR) is 102 cm³/mol. The fraction of sp³-hybridized carbons (Fsp3) is 0.579. The van der Waals surface area contributed by atoms with E-state index >= 15 is 0 Å². The normalized spacial score (nSPS) is 17.3. The zero-order chi connectivity index (χ0) is 19.1. The Kier molecular flexibility index (Phi) is 8.03. The smallest absolute Gasteiger partial charge is 0.307 e. The molecule has 7 heteroatoms. The molecule has 5 nitrogen and oxygen atoms in total. The van der Waals surface area contributed by atoms with Crippen molar-refractivity contribution in [1.29, 1.82) is 0 Å². The standard InChI is InChI=1S/C19H26BrFN2O3/c1-3-22-10-5-6-15(22)13-23(11-9-18(24)26-4-2)19(25)14-7-8-16(20)17(21)12-14/h7-8,12,15H,3-6,9-11,13H2,1-2H3. The summed E-state index contributed by atoms with van der Waals surface area (Å²) in [6, 6.07) is 4.63. The molecular weight excluding hydrogens is 403 g/mol. The summed E-state index contributed by atoms with van der Waals surface area (Å²) in [5.74, 6) is -1.06. The minimum absolute atomic E-state index is 0.136. The van der Waals surface area contributed by atoms with Gasteiger partial charge in [-0.15, -0.1) is 0 Å². The largest absolute Gasteiger partial charge is 0.466 e. The first-order valence-electron chi connectivity index (χ1n) is 9.10. The third-order valence-electron chi connectivity index (χ3n) is 4.68. The quantitative estimate of drug-likeness (QED) is 0.594. The second-order valence-electron chi connectivity index (χ2n) is 6.36. The molecule has 1 aliphatic heterocycles. The van der Waals surface area contributed by atoms with Crippen LogP contribution < -0.4 is 0 Å². The Morgan fingerprint density at radius 1 is 1.38 bits per heavy atom. The Hall–Kier alpha value is -1.47. The molecule has 1 atom stereocenters. The lowest BCUT2D eigenvalue weighted by molar-refractivity contribution is -0.143. The fourth-order valence-corrected chi connectivity index (χ4v) is 3.57. The van der Waals surface area contributed by atoms with Crippen molar-refractivity contribution in [3.05, 3.63) is 34.1 Å². The Morgan fingerprint density at radius 3 is 2.81 bits per heavy atom. The van der Waals surface area contributed by atoms with Crippen LogP contribution >= 0.6 is 15.9 Å². The van der Waals surface area contributed by atoms with Crippen molar-refractivity contribution in [3.8, 4) is 0 Å². The van der Waals surface area contributed by atoms with Crippen molar-refractivity contribution in [3.63, 3.8) is 0 Å². The summed E-state index contributed by atoms with van der Waals surface area (Å²) in [6.45, 7) is 6.92. The lowest BCUT2D eigenvalue weighted by Gasteiger charge is -2.30. The van der Waals surface area contributed by atoms with Crippen LogP contribution in [-0.2, 0) is 9.53 Å². The number of nitrogens with zero attached hydrogens (tertiary/aromatic N) is 2. The van der Waals surface area contributed by atoms with Gasteiger partial charge in [-0.2, -0.15) is 0 Å². The van der Waals surface area contributed by atoms with Gasteiger partial charge in [-0.3, -0.25) is 14.5 Å². The number of carbonyl (C=O) groups excluding carboxylic acids is 2. The molecule has 1 aromatic carbocycles. The van der Waals surface area contributed by atoms with Gasteiger partial charge in [0.25, 0.3) is 5.91 Å². The van der Waals surface area contributed by atoms with Gasteiger partial charge in [-0.05, 0) is 67.0 Å². The van der Waals surface area contributed by atoms with Crippen molar-refractivity contribution in [2.75, 3.05) is 32.8 Å². The van der Waals surface area contributed by atoms with Gasteiger partial charge in [-0.25, -0.2) is 4.39 Å². The molecule has 144 valence electrons. The molecule has 1 aromatic rings. The molecule has 1 aliphatic rings. The van der Waals surface area contributed by atoms with Crippen LogP contribution in [0.15, 0.2) is 22.7 Å². The lowest BCUT2D eigenvalue weighted by atomic mass is 10.1. The Balaban J connectivity index is 2.13. The summed E-state index contributed by atoms with van der Waals surface area (Å²) in [7, 11) is 0. The molecule has 1 heterocycles. The van der Waals surface area contributed by atoms with E-state index in [1.54, 1.807) is 17.9 Å². The van der Waals surface area contributed by atoms with Crippen LogP contribution in [0.25, 0.3) is 0 Å². The molecule has 26 heavy (non-hydrogen) atoms. The van der Waals surface area contributed by atoms with E-state index in [0.717, 1.165) is 25.9 Å². The highest BCUT2D eigenvalue weighted by Crippen LogP contribution is 2.21. The van der Waals surface area contributed by atoms with Gasteiger partial charge in [0, 0.05) is 24.7 Å². The summed E-state index contributed by atoms with van der Waals surface area (Å²) in [4.78, 5) is 28.7. The van der Waals surface area contributed by atoms with Crippen LogP contribution in [0, 0.1) is 5.82 Å². The molecule has 0 spiro atoms.